The molecule has 0 aliphatic rings. The first-order valence-electron chi connectivity index (χ1n) is 6.88. The van der Waals surface area contributed by atoms with E-state index in [4.69, 9.17) is 9.47 Å². The normalized spacial score (nSPS) is 11.8. The number of carbonyl (C=O) groups excluding carboxylic acids is 2. The summed E-state index contributed by atoms with van der Waals surface area (Å²) in [7, 11) is 0. The van der Waals surface area contributed by atoms with Crippen molar-refractivity contribution in [3.8, 4) is 0 Å². The Kier molecular flexibility index (Phi) is 5.95. The fraction of sp³-hybridized carbons (Fsp3) is 0.533. The fourth-order valence-electron chi connectivity index (χ4n) is 1.41. The van der Waals surface area contributed by atoms with E-state index >= 15 is 0 Å². The smallest absolute Gasteiger partial charge is 0.425 e. The number of nitrogens with zero attached hydrogens (tertiary/aromatic N) is 2. The van der Waals surface area contributed by atoms with Crippen molar-refractivity contribution in [1.82, 2.24) is 4.98 Å². The van der Waals surface area contributed by atoms with Gasteiger partial charge in [0.05, 0.1) is 3.57 Å². The maximum Gasteiger partial charge on any atom is 0.425 e. The summed E-state index contributed by atoms with van der Waals surface area (Å²) in [6, 6.07) is 2.75. The lowest BCUT2D eigenvalue weighted by Crippen LogP contribution is -2.44. The molecule has 1 rings (SSSR count). The largest absolute Gasteiger partial charge is 0.443 e. The monoisotopic (exact) mass is 438 g/mol. The number of halogens is 2. The Bertz CT molecular complexity index is 580. The summed E-state index contributed by atoms with van der Waals surface area (Å²) in [5.74, 6) is -0.994. The molecule has 0 spiro atoms. The molecular weight excluding hydrogens is 418 g/mol. The highest BCUT2D eigenvalue weighted by Gasteiger charge is 2.33. The Morgan fingerprint density at radius 1 is 1.04 bits per heavy atom. The van der Waals surface area contributed by atoms with Gasteiger partial charge in [0, 0.05) is 0 Å². The third-order valence-electron chi connectivity index (χ3n) is 2.17. The van der Waals surface area contributed by atoms with Crippen LogP contribution < -0.4 is 4.90 Å². The van der Waals surface area contributed by atoms with Gasteiger partial charge in [-0.1, -0.05) is 0 Å². The number of anilines is 1. The van der Waals surface area contributed by atoms with Crippen LogP contribution in [-0.4, -0.2) is 28.4 Å². The first-order valence-corrected chi connectivity index (χ1v) is 7.96. The highest BCUT2D eigenvalue weighted by atomic mass is 127. The molecule has 0 bridgehead atoms. The van der Waals surface area contributed by atoms with Crippen molar-refractivity contribution in [1.29, 1.82) is 0 Å². The van der Waals surface area contributed by atoms with Gasteiger partial charge in [-0.25, -0.2) is 14.6 Å². The van der Waals surface area contributed by atoms with Gasteiger partial charge in [0.2, 0.25) is 5.95 Å². The zero-order chi connectivity index (χ0) is 18.0. The molecule has 0 saturated carbocycles. The van der Waals surface area contributed by atoms with E-state index in [-0.39, 0.29) is 9.39 Å². The number of imide groups is 1. The SMILES string of the molecule is CC(C)(C)OC(=O)N(C(=O)OC(C)(C)C)c1ccc(I)c(F)n1. The molecule has 128 valence electrons. The van der Waals surface area contributed by atoms with Gasteiger partial charge in [0.25, 0.3) is 0 Å². The predicted molar refractivity (Wildman–Crippen MR) is 91.9 cm³/mol. The van der Waals surface area contributed by atoms with E-state index in [9.17, 15) is 14.0 Å². The molecule has 0 atom stereocenters. The van der Waals surface area contributed by atoms with E-state index in [2.05, 4.69) is 4.98 Å². The zero-order valence-corrected chi connectivity index (χ0v) is 16.1. The van der Waals surface area contributed by atoms with Crippen molar-refractivity contribution in [2.24, 2.45) is 0 Å². The van der Waals surface area contributed by atoms with Crippen molar-refractivity contribution >= 4 is 40.6 Å². The topological polar surface area (TPSA) is 68.7 Å². The van der Waals surface area contributed by atoms with Crippen LogP contribution in [0.2, 0.25) is 0 Å². The third-order valence-corrected chi connectivity index (χ3v) is 2.97. The molecule has 0 saturated heterocycles. The van der Waals surface area contributed by atoms with E-state index in [1.54, 1.807) is 64.1 Å². The minimum Gasteiger partial charge on any atom is -0.443 e. The molecule has 0 N–H and O–H groups in total. The number of rotatable bonds is 1. The minimum absolute atomic E-state index is 0.202. The lowest BCUT2D eigenvalue weighted by atomic mass is 10.2. The van der Waals surface area contributed by atoms with Crippen LogP contribution in [0.4, 0.5) is 19.8 Å². The van der Waals surface area contributed by atoms with Crippen LogP contribution >= 0.6 is 22.6 Å². The zero-order valence-electron chi connectivity index (χ0n) is 13.9. The molecule has 0 fully saturated rings. The van der Waals surface area contributed by atoms with E-state index in [1.165, 1.54) is 12.1 Å². The quantitative estimate of drug-likeness (QED) is 0.477. The summed E-state index contributed by atoms with van der Waals surface area (Å²) in [6.07, 6.45) is -1.97. The number of hydrogen-bond donors (Lipinski definition) is 0. The molecule has 0 aromatic carbocycles. The van der Waals surface area contributed by atoms with Crippen LogP contribution in [0.25, 0.3) is 0 Å². The Morgan fingerprint density at radius 3 is 1.83 bits per heavy atom. The molecule has 1 aromatic rings. The van der Waals surface area contributed by atoms with Gasteiger partial charge in [-0.05, 0) is 76.3 Å². The molecule has 0 aliphatic carbocycles. The number of aromatic nitrogens is 1. The van der Waals surface area contributed by atoms with E-state index in [0.29, 0.717) is 4.90 Å². The average molecular weight is 438 g/mol. The Balaban J connectivity index is 3.22. The van der Waals surface area contributed by atoms with E-state index < -0.39 is 29.3 Å². The lowest BCUT2D eigenvalue weighted by Gasteiger charge is -2.28. The Morgan fingerprint density at radius 2 is 1.48 bits per heavy atom. The van der Waals surface area contributed by atoms with E-state index in [1.807, 2.05) is 0 Å². The lowest BCUT2D eigenvalue weighted by molar-refractivity contribution is 0.0429. The van der Waals surface area contributed by atoms with Crippen molar-refractivity contribution in [2.45, 2.75) is 52.7 Å². The summed E-state index contributed by atoms with van der Waals surface area (Å²) < 4.78 is 24.3. The number of ether oxygens (including phenoxy) is 2. The van der Waals surface area contributed by atoms with Gasteiger partial charge in [-0.3, -0.25) is 0 Å². The first-order chi connectivity index (χ1) is 10.3. The molecule has 6 nitrogen and oxygen atoms in total. The number of carbonyl (C=O) groups is 2. The Hall–Kier alpha value is -1.45. The third kappa shape index (κ3) is 6.28. The second kappa shape index (κ2) is 6.98. The summed E-state index contributed by atoms with van der Waals surface area (Å²) in [6.45, 7) is 9.92. The van der Waals surface area contributed by atoms with Gasteiger partial charge >= 0.3 is 12.2 Å². The second-order valence-electron chi connectivity index (χ2n) is 6.74. The predicted octanol–water partition coefficient (Wildman–Crippen LogP) is 4.50. The van der Waals surface area contributed by atoms with Gasteiger partial charge in [-0.2, -0.15) is 9.29 Å². The molecule has 1 aromatic heterocycles. The van der Waals surface area contributed by atoms with Crippen LogP contribution in [0.5, 0.6) is 0 Å². The minimum atomic E-state index is -0.986. The number of hydrogen-bond acceptors (Lipinski definition) is 5. The standard InChI is InChI=1S/C15H20FIN2O4/c1-14(2,3)22-12(20)19(13(21)23-15(4,5)6)10-8-7-9(17)11(16)18-10/h7-8H,1-6H3. The molecule has 8 heteroatoms. The maximum absolute atomic E-state index is 13.7. The highest BCUT2D eigenvalue weighted by molar-refractivity contribution is 14.1. The molecule has 2 amide bonds. The molecule has 0 radical (unpaired) electrons. The van der Waals surface area contributed by atoms with Crippen molar-refractivity contribution in [2.75, 3.05) is 4.90 Å². The summed E-state index contributed by atoms with van der Waals surface area (Å²) in [5.41, 5.74) is -1.67. The van der Waals surface area contributed by atoms with Crippen LogP contribution in [0.15, 0.2) is 12.1 Å². The molecule has 23 heavy (non-hydrogen) atoms. The van der Waals surface area contributed by atoms with Crippen molar-refractivity contribution < 1.29 is 23.5 Å². The van der Waals surface area contributed by atoms with Crippen LogP contribution in [0.3, 0.4) is 0 Å². The number of amides is 2. The summed E-state index contributed by atoms with van der Waals surface area (Å²) in [5, 5.41) is 0. The molecular formula is C15H20FIN2O4. The summed E-state index contributed by atoms with van der Waals surface area (Å²) in [4.78, 5) is 28.8. The average Bonchev–Trinajstić information content (AvgIpc) is 2.29. The van der Waals surface area contributed by atoms with Gasteiger partial charge in [0.1, 0.15) is 11.2 Å². The van der Waals surface area contributed by atoms with Gasteiger partial charge < -0.3 is 9.47 Å². The van der Waals surface area contributed by atoms with Crippen LogP contribution in [0, 0.1) is 9.52 Å². The van der Waals surface area contributed by atoms with Gasteiger partial charge in [-0.15, -0.1) is 0 Å². The molecule has 0 unspecified atom stereocenters. The highest BCUT2D eigenvalue weighted by Crippen LogP contribution is 2.21. The van der Waals surface area contributed by atoms with Gasteiger partial charge in [0.15, 0.2) is 5.82 Å². The summed E-state index contributed by atoms with van der Waals surface area (Å²) >= 11 is 1.76. The first kappa shape index (κ1) is 19.6. The van der Waals surface area contributed by atoms with E-state index in [0.717, 1.165) is 0 Å². The van der Waals surface area contributed by atoms with Crippen molar-refractivity contribution in [3.05, 3.63) is 21.7 Å². The molecule has 0 aliphatic heterocycles. The van der Waals surface area contributed by atoms with Crippen LogP contribution in [0.1, 0.15) is 41.5 Å². The second-order valence-corrected chi connectivity index (χ2v) is 7.90. The Labute approximate surface area is 148 Å². The van der Waals surface area contributed by atoms with Crippen molar-refractivity contribution in [3.63, 3.8) is 0 Å². The maximum atomic E-state index is 13.7. The molecule has 1 heterocycles. The number of pyridine rings is 1. The fourth-order valence-corrected chi connectivity index (χ4v) is 1.71. The van der Waals surface area contributed by atoms with Crippen LogP contribution in [-0.2, 0) is 9.47 Å².